The molecule has 8 nitrogen and oxygen atoms in total. The summed E-state index contributed by atoms with van der Waals surface area (Å²) in [6.45, 7) is 13.5. The molecule has 1 aromatic carbocycles. The van der Waals surface area contributed by atoms with Crippen LogP contribution in [0.5, 0.6) is 0 Å². The summed E-state index contributed by atoms with van der Waals surface area (Å²) in [7, 11) is 0. The van der Waals surface area contributed by atoms with Crippen LogP contribution in [0.25, 0.3) is 0 Å². The maximum Gasteiger partial charge on any atom is 0.237 e. The van der Waals surface area contributed by atoms with Crippen LogP contribution >= 0.6 is 0 Å². The number of hydrogen-bond donors (Lipinski definition) is 5. The Balaban J connectivity index is 2.92. The molecule has 0 unspecified atom stereocenters. The van der Waals surface area contributed by atoms with Crippen molar-refractivity contribution in [1.82, 2.24) is 16.0 Å². The van der Waals surface area contributed by atoms with Crippen LogP contribution in [0.15, 0.2) is 30.3 Å². The van der Waals surface area contributed by atoms with Gasteiger partial charge in [0.1, 0.15) is 0 Å². The van der Waals surface area contributed by atoms with Crippen LogP contribution in [-0.4, -0.2) is 53.6 Å². The Morgan fingerprint density at radius 3 is 2.06 bits per heavy atom. The van der Waals surface area contributed by atoms with Crippen molar-refractivity contribution in [2.75, 3.05) is 6.54 Å². The van der Waals surface area contributed by atoms with E-state index in [9.17, 15) is 19.5 Å². The maximum absolute atomic E-state index is 13.1. The van der Waals surface area contributed by atoms with E-state index in [1.54, 1.807) is 0 Å². The van der Waals surface area contributed by atoms with Crippen molar-refractivity contribution in [3.63, 3.8) is 0 Å². The van der Waals surface area contributed by atoms with Gasteiger partial charge in [0.15, 0.2) is 0 Å². The second kappa shape index (κ2) is 15.0. The average molecular weight is 505 g/mol. The molecule has 0 spiro atoms. The Hall–Kier alpha value is -2.45. The molecule has 204 valence electrons. The van der Waals surface area contributed by atoms with Gasteiger partial charge in [-0.2, -0.15) is 0 Å². The summed E-state index contributed by atoms with van der Waals surface area (Å²) in [6.07, 6.45) is 1.06. The monoisotopic (exact) mass is 504 g/mol. The van der Waals surface area contributed by atoms with Gasteiger partial charge in [0.25, 0.3) is 0 Å². The minimum Gasteiger partial charge on any atom is -0.389 e. The highest BCUT2D eigenvalue weighted by Crippen LogP contribution is 2.29. The van der Waals surface area contributed by atoms with Gasteiger partial charge < -0.3 is 26.8 Å². The second-order valence-electron chi connectivity index (χ2n) is 11.1. The van der Waals surface area contributed by atoms with Gasteiger partial charge in [0.05, 0.1) is 24.1 Å². The molecule has 3 amide bonds. The number of benzene rings is 1. The molecule has 0 saturated heterocycles. The molecular weight excluding hydrogens is 456 g/mol. The number of hydrogen-bond acceptors (Lipinski definition) is 5. The summed E-state index contributed by atoms with van der Waals surface area (Å²) >= 11 is 0. The van der Waals surface area contributed by atoms with E-state index in [1.807, 2.05) is 78.8 Å². The van der Waals surface area contributed by atoms with E-state index in [2.05, 4.69) is 16.0 Å². The minimum absolute atomic E-state index is 0.0575. The number of nitrogens with two attached hydrogens (primary N) is 1. The number of aliphatic hydroxyl groups excluding tert-OH is 1. The molecule has 0 saturated carbocycles. The first-order valence-electron chi connectivity index (χ1n) is 13.1. The van der Waals surface area contributed by atoms with Crippen molar-refractivity contribution in [3.05, 3.63) is 35.9 Å². The zero-order valence-corrected chi connectivity index (χ0v) is 23.1. The van der Waals surface area contributed by atoms with Crippen molar-refractivity contribution >= 4 is 17.7 Å². The van der Waals surface area contributed by atoms with Crippen molar-refractivity contribution in [2.45, 2.75) is 98.4 Å². The van der Waals surface area contributed by atoms with Crippen molar-refractivity contribution in [1.29, 1.82) is 0 Å². The summed E-state index contributed by atoms with van der Waals surface area (Å²) < 4.78 is 0. The molecule has 1 aromatic rings. The number of aliphatic hydroxyl groups is 1. The number of nitrogens with one attached hydrogen (secondary N) is 3. The van der Waals surface area contributed by atoms with Crippen LogP contribution < -0.4 is 21.7 Å². The average Bonchev–Trinajstić information content (AvgIpc) is 2.82. The molecule has 0 radical (unpaired) electrons. The fourth-order valence-electron chi connectivity index (χ4n) is 3.96. The molecule has 0 fully saturated rings. The molecule has 0 aliphatic rings. The summed E-state index contributed by atoms with van der Waals surface area (Å²) in [5.74, 6) is -1.43. The number of amides is 3. The lowest BCUT2D eigenvalue weighted by Crippen LogP contribution is -2.55. The van der Waals surface area contributed by atoms with E-state index in [1.165, 1.54) is 0 Å². The topological polar surface area (TPSA) is 134 Å². The third-order valence-corrected chi connectivity index (χ3v) is 6.70. The van der Waals surface area contributed by atoms with Gasteiger partial charge in [-0.25, -0.2) is 0 Å². The molecule has 36 heavy (non-hydrogen) atoms. The first-order chi connectivity index (χ1) is 16.8. The lowest BCUT2D eigenvalue weighted by molar-refractivity contribution is -0.134. The van der Waals surface area contributed by atoms with Crippen molar-refractivity contribution in [2.24, 2.45) is 23.0 Å². The smallest absolute Gasteiger partial charge is 0.237 e. The molecule has 4 atom stereocenters. The number of carbonyl (C=O) groups excluding carboxylic acids is 3. The molecule has 0 heterocycles. The lowest BCUT2D eigenvalue weighted by atomic mass is 9.78. The Kier molecular flexibility index (Phi) is 13.1. The highest BCUT2D eigenvalue weighted by Gasteiger charge is 2.34. The van der Waals surface area contributed by atoms with Crippen LogP contribution in [-0.2, 0) is 20.8 Å². The van der Waals surface area contributed by atoms with E-state index >= 15 is 0 Å². The van der Waals surface area contributed by atoms with E-state index in [0.29, 0.717) is 6.42 Å². The maximum atomic E-state index is 13.1. The van der Waals surface area contributed by atoms with E-state index < -0.39 is 29.5 Å². The Labute approximate surface area is 217 Å². The van der Waals surface area contributed by atoms with Crippen LogP contribution in [0.3, 0.4) is 0 Å². The third kappa shape index (κ3) is 10.7. The third-order valence-electron chi connectivity index (χ3n) is 6.70. The van der Waals surface area contributed by atoms with Gasteiger partial charge in [-0.1, -0.05) is 78.8 Å². The zero-order chi connectivity index (χ0) is 27.5. The molecule has 0 aliphatic carbocycles. The second-order valence-corrected chi connectivity index (χ2v) is 11.1. The quantitative estimate of drug-likeness (QED) is 0.265. The minimum atomic E-state index is -1.04. The van der Waals surface area contributed by atoms with Gasteiger partial charge in [0, 0.05) is 19.0 Å². The Morgan fingerprint density at radius 1 is 0.972 bits per heavy atom. The predicted octanol–water partition coefficient (Wildman–Crippen LogP) is 2.53. The van der Waals surface area contributed by atoms with Gasteiger partial charge in [-0.3, -0.25) is 14.4 Å². The fraction of sp³-hybridized carbons (Fsp3) is 0.679. The highest BCUT2D eigenvalue weighted by molar-refractivity contribution is 5.86. The highest BCUT2D eigenvalue weighted by atomic mass is 16.3. The summed E-state index contributed by atoms with van der Waals surface area (Å²) in [5.41, 5.74) is 6.50. The number of carbonyl (C=O) groups is 3. The SMILES string of the molecule is CCC(CC)NC(=O)C[C@H](C(=O)NC[C@@H](O)[C@H](Cc1ccccc1)NC(=O)[C@@H](N)C(C)C)C(C)(C)C. The largest absolute Gasteiger partial charge is 0.389 e. The first kappa shape index (κ1) is 31.6. The molecule has 0 bridgehead atoms. The van der Waals surface area contributed by atoms with Gasteiger partial charge >= 0.3 is 0 Å². The normalized spacial score (nSPS) is 15.2. The lowest BCUT2D eigenvalue weighted by Gasteiger charge is -2.31. The molecule has 1 rings (SSSR count). The van der Waals surface area contributed by atoms with Crippen LogP contribution in [0.2, 0.25) is 0 Å². The molecule has 8 heteroatoms. The van der Waals surface area contributed by atoms with Gasteiger partial charge in [-0.05, 0) is 36.2 Å². The van der Waals surface area contributed by atoms with Gasteiger partial charge in [0.2, 0.25) is 17.7 Å². The summed E-state index contributed by atoms with van der Waals surface area (Å²) in [5, 5.41) is 19.7. The molecular formula is C28H48N4O4. The van der Waals surface area contributed by atoms with Crippen molar-refractivity contribution in [3.8, 4) is 0 Å². The summed E-state index contributed by atoms with van der Waals surface area (Å²) in [6, 6.07) is 8.25. The van der Waals surface area contributed by atoms with Crippen LogP contribution in [0, 0.1) is 17.3 Å². The Bertz CT molecular complexity index is 819. The van der Waals surface area contributed by atoms with E-state index in [-0.39, 0.29) is 42.6 Å². The molecule has 6 N–H and O–H groups in total. The predicted molar refractivity (Wildman–Crippen MR) is 144 cm³/mol. The standard InChI is InChI=1S/C28H48N4O4/c1-8-20(9-2)31-24(34)16-21(28(5,6)7)26(35)30-17-23(33)22(15-19-13-11-10-12-14-19)32-27(36)25(29)18(3)4/h10-14,18,20-23,25,33H,8-9,15-17,29H2,1-7H3,(H,30,35)(H,31,34)(H,32,36)/t21-,22+,23-,25+/m1/s1. The van der Waals surface area contributed by atoms with Crippen molar-refractivity contribution < 1.29 is 19.5 Å². The first-order valence-corrected chi connectivity index (χ1v) is 13.1. The van der Waals surface area contributed by atoms with E-state index in [4.69, 9.17) is 5.73 Å². The van der Waals surface area contributed by atoms with Crippen LogP contribution in [0.4, 0.5) is 0 Å². The summed E-state index contributed by atoms with van der Waals surface area (Å²) in [4.78, 5) is 38.4. The molecule has 0 aliphatic heterocycles. The van der Waals surface area contributed by atoms with E-state index in [0.717, 1.165) is 18.4 Å². The fourth-order valence-corrected chi connectivity index (χ4v) is 3.96. The Morgan fingerprint density at radius 2 is 1.56 bits per heavy atom. The zero-order valence-electron chi connectivity index (χ0n) is 23.1. The molecule has 0 aromatic heterocycles. The number of rotatable bonds is 14. The van der Waals surface area contributed by atoms with Gasteiger partial charge in [-0.15, -0.1) is 0 Å². The van der Waals surface area contributed by atoms with Crippen LogP contribution in [0.1, 0.15) is 73.3 Å².